The Labute approximate surface area is 113 Å². The van der Waals surface area contributed by atoms with Gasteiger partial charge in [0.25, 0.3) is 0 Å². The van der Waals surface area contributed by atoms with Crippen molar-refractivity contribution >= 4 is 11.9 Å². The summed E-state index contributed by atoms with van der Waals surface area (Å²) >= 11 is 0. The van der Waals surface area contributed by atoms with Gasteiger partial charge in [0.1, 0.15) is 17.0 Å². The van der Waals surface area contributed by atoms with E-state index < -0.39 is 11.6 Å². The molecule has 0 saturated heterocycles. The number of imidazole rings is 1. The van der Waals surface area contributed by atoms with Crippen LogP contribution in [-0.2, 0) is 0 Å². The van der Waals surface area contributed by atoms with Crippen LogP contribution in [0.3, 0.4) is 0 Å². The van der Waals surface area contributed by atoms with Crippen molar-refractivity contribution < 1.29 is 13.6 Å². The molecule has 3 aromatic rings. The van der Waals surface area contributed by atoms with Gasteiger partial charge >= 0.3 is 0 Å². The van der Waals surface area contributed by atoms with Crippen LogP contribution >= 0.6 is 0 Å². The van der Waals surface area contributed by atoms with Crippen molar-refractivity contribution in [1.29, 1.82) is 0 Å². The molecule has 3 rings (SSSR count). The average molecular weight is 272 g/mol. The van der Waals surface area contributed by atoms with Crippen LogP contribution in [0.2, 0.25) is 0 Å². The summed E-state index contributed by atoms with van der Waals surface area (Å²) < 4.78 is 27.9. The first-order chi connectivity index (χ1) is 9.60. The standard InChI is InChI=1S/C15H10F2N2O/c1-9-4-5-19-13(8-20)15(18-14(19)6-9)10-2-3-11(16)12(17)7-10/h2-8H,1H3. The fourth-order valence-electron chi connectivity index (χ4n) is 2.13. The molecule has 0 aliphatic heterocycles. The summed E-state index contributed by atoms with van der Waals surface area (Å²) in [5.41, 5.74) is 2.60. The third-order valence-electron chi connectivity index (χ3n) is 3.12. The van der Waals surface area contributed by atoms with Crippen LogP contribution in [-0.4, -0.2) is 15.7 Å². The smallest absolute Gasteiger partial charge is 0.169 e. The fraction of sp³-hybridized carbons (Fsp3) is 0.0667. The van der Waals surface area contributed by atoms with Crippen LogP contribution in [0.4, 0.5) is 8.78 Å². The van der Waals surface area contributed by atoms with Crippen molar-refractivity contribution in [3.05, 3.63) is 59.4 Å². The quantitative estimate of drug-likeness (QED) is 0.670. The first-order valence-electron chi connectivity index (χ1n) is 5.99. The third-order valence-corrected chi connectivity index (χ3v) is 3.12. The van der Waals surface area contributed by atoms with Gasteiger partial charge < -0.3 is 0 Å². The molecule has 1 aromatic carbocycles. The molecular formula is C15H10F2N2O. The molecule has 5 heteroatoms. The number of pyridine rings is 1. The van der Waals surface area contributed by atoms with Crippen LogP contribution in [0, 0.1) is 18.6 Å². The van der Waals surface area contributed by atoms with Gasteiger partial charge in [0, 0.05) is 11.8 Å². The number of hydrogen-bond donors (Lipinski definition) is 0. The Morgan fingerprint density at radius 1 is 1.15 bits per heavy atom. The van der Waals surface area contributed by atoms with Gasteiger partial charge in [0.2, 0.25) is 0 Å². The summed E-state index contributed by atoms with van der Waals surface area (Å²) in [6.07, 6.45) is 2.39. The fourth-order valence-corrected chi connectivity index (χ4v) is 2.13. The number of rotatable bonds is 2. The third kappa shape index (κ3) is 1.87. The summed E-state index contributed by atoms with van der Waals surface area (Å²) in [5, 5.41) is 0. The summed E-state index contributed by atoms with van der Waals surface area (Å²) in [6.45, 7) is 1.91. The number of carbonyl (C=O) groups is 1. The zero-order chi connectivity index (χ0) is 14.3. The topological polar surface area (TPSA) is 34.4 Å². The van der Waals surface area contributed by atoms with Gasteiger partial charge in [-0.2, -0.15) is 0 Å². The number of fused-ring (bicyclic) bond motifs is 1. The molecule has 0 spiro atoms. The Balaban J connectivity index is 2.29. The van der Waals surface area contributed by atoms with E-state index in [9.17, 15) is 13.6 Å². The first kappa shape index (κ1) is 12.5. The average Bonchev–Trinajstić information content (AvgIpc) is 2.79. The highest BCUT2D eigenvalue weighted by atomic mass is 19.2. The lowest BCUT2D eigenvalue weighted by atomic mass is 10.1. The second-order valence-corrected chi connectivity index (χ2v) is 4.52. The molecule has 0 fully saturated rings. The molecule has 0 aliphatic rings. The summed E-state index contributed by atoms with van der Waals surface area (Å²) in [5.74, 6) is -1.89. The minimum atomic E-state index is -0.965. The highest BCUT2D eigenvalue weighted by Crippen LogP contribution is 2.25. The van der Waals surface area contributed by atoms with Gasteiger partial charge in [0.05, 0.1) is 0 Å². The number of nitrogens with zero attached hydrogens (tertiary/aromatic N) is 2. The Hall–Kier alpha value is -2.56. The van der Waals surface area contributed by atoms with Crippen LogP contribution in [0.25, 0.3) is 16.9 Å². The van der Waals surface area contributed by atoms with E-state index in [1.165, 1.54) is 6.07 Å². The number of halogens is 2. The van der Waals surface area contributed by atoms with Gasteiger partial charge in [-0.1, -0.05) is 0 Å². The van der Waals surface area contributed by atoms with Crippen molar-refractivity contribution in [1.82, 2.24) is 9.38 Å². The predicted octanol–water partition coefficient (Wildman–Crippen LogP) is 3.40. The van der Waals surface area contributed by atoms with Crippen molar-refractivity contribution in [2.24, 2.45) is 0 Å². The molecule has 0 radical (unpaired) electrons. The number of benzene rings is 1. The maximum atomic E-state index is 13.3. The predicted molar refractivity (Wildman–Crippen MR) is 70.7 cm³/mol. The Bertz CT molecular complexity index is 824. The molecule has 0 unspecified atom stereocenters. The van der Waals surface area contributed by atoms with E-state index in [0.717, 1.165) is 17.7 Å². The lowest BCUT2D eigenvalue weighted by molar-refractivity contribution is 0.111. The molecular weight excluding hydrogens is 262 g/mol. The van der Waals surface area contributed by atoms with Gasteiger partial charge in [-0.3, -0.25) is 9.20 Å². The van der Waals surface area contributed by atoms with E-state index in [1.807, 2.05) is 19.1 Å². The molecule has 0 saturated carbocycles. The maximum Gasteiger partial charge on any atom is 0.169 e. The Kier molecular flexibility index (Phi) is 2.82. The summed E-state index contributed by atoms with van der Waals surface area (Å²) in [6, 6.07) is 7.12. The number of aryl methyl sites for hydroxylation is 1. The second-order valence-electron chi connectivity index (χ2n) is 4.52. The lowest BCUT2D eigenvalue weighted by Crippen LogP contribution is -1.93. The van der Waals surface area contributed by atoms with Crippen molar-refractivity contribution in [2.75, 3.05) is 0 Å². The normalized spacial score (nSPS) is 10.9. The number of hydrogen-bond acceptors (Lipinski definition) is 2. The van der Waals surface area contributed by atoms with Crippen LogP contribution in [0.5, 0.6) is 0 Å². The highest BCUT2D eigenvalue weighted by Gasteiger charge is 2.15. The molecule has 0 N–H and O–H groups in total. The molecule has 0 aliphatic carbocycles. The minimum absolute atomic E-state index is 0.311. The van der Waals surface area contributed by atoms with E-state index in [-0.39, 0.29) is 0 Å². The van der Waals surface area contributed by atoms with Crippen molar-refractivity contribution in [2.45, 2.75) is 6.92 Å². The number of aromatic nitrogens is 2. The van der Waals surface area contributed by atoms with Crippen LogP contribution in [0.1, 0.15) is 16.1 Å². The monoisotopic (exact) mass is 272 g/mol. The molecule has 0 amide bonds. The SMILES string of the molecule is Cc1ccn2c(C=O)c(-c3ccc(F)c(F)c3)nc2c1. The van der Waals surface area contributed by atoms with Gasteiger partial charge in [-0.25, -0.2) is 13.8 Å². The zero-order valence-corrected chi connectivity index (χ0v) is 10.6. The van der Waals surface area contributed by atoms with E-state index in [2.05, 4.69) is 4.98 Å². The Morgan fingerprint density at radius 3 is 2.65 bits per heavy atom. The molecule has 2 aromatic heterocycles. The lowest BCUT2D eigenvalue weighted by Gasteiger charge is -2.00. The summed E-state index contributed by atoms with van der Waals surface area (Å²) in [4.78, 5) is 15.6. The van der Waals surface area contributed by atoms with Crippen LogP contribution in [0.15, 0.2) is 36.5 Å². The number of carbonyl (C=O) groups excluding carboxylic acids is 1. The minimum Gasteiger partial charge on any atom is -0.297 e. The molecule has 0 atom stereocenters. The van der Waals surface area contributed by atoms with E-state index >= 15 is 0 Å². The molecule has 100 valence electrons. The van der Waals surface area contributed by atoms with Gasteiger partial charge in [-0.15, -0.1) is 0 Å². The maximum absolute atomic E-state index is 13.3. The van der Waals surface area contributed by atoms with E-state index in [0.29, 0.717) is 28.9 Å². The Morgan fingerprint density at radius 2 is 1.95 bits per heavy atom. The van der Waals surface area contributed by atoms with Crippen molar-refractivity contribution in [3.8, 4) is 11.3 Å². The first-order valence-corrected chi connectivity index (χ1v) is 5.99. The largest absolute Gasteiger partial charge is 0.297 e. The van der Waals surface area contributed by atoms with Crippen molar-refractivity contribution in [3.63, 3.8) is 0 Å². The molecule has 0 bridgehead atoms. The summed E-state index contributed by atoms with van der Waals surface area (Å²) in [7, 11) is 0. The highest BCUT2D eigenvalue weighted by molar-refractivity contribution is 5.86. The van der Waals surface area contributed by atoms with Gasteiger partial charge in [-0.05, 0) is 42.8 Å². The molecule has 2 heterocycles. The van der Waals surface area contributed by atoms with E-state index in [4.69, 9.17) is 0 Å². The second kappa shape index (κ2) is 4.52. The molecule has 20 heavy (non-hydrogen) atoms. The molecule has 3 nitrogen and oxygen atoms in total. The van der Waals surface area contributed by atoms with Crippen LogP contribution < -0.4 is 0 Å². The van der Waals surface area contributed by atoms with E-state index in [1.54, 1.807) is 10.6 Å². The zero-order valence-electron chi connectivity index (χ0n) is 10.6. The van der Waals surface area contributed by atoms with Gasteiger partial charge in [0.15, 0.2) is 17.9 Å². The number of aldehydes is 1.